The lowest BCUT2D eigenvalue weighted by atomic mass is 9.80. The molecule has 1 rings (SSSR count). The third-order valence-electron chi connectivity index (χ3n) is 4.94. The van der Waals surface area contributed by atoms with Gasteiger partial charge in [-0.15, -0.1) is 0 Å². The number of hydrogen-bond donors (Lipinski definition) is 2. The van der Waals surface area contributed by atoms with E-state index in [1.165, 1.54) is 4.31 Å². The maximum absolute atomic E-state index is 13.2. The van der Waals surface area contributed by atoms with Gasteiger partial charge in [0.2, 0.25) is 15.9 Å². The largest absolute Gasteiger partial charge is 0.298 e. The molecule has 0 aliphatic rings. The van der Waals surface area contributed by atoms with Crippen molar-refractivity contribution in [2.75, 3.05) is 19.3 Å². The van der Waals surface area contributed by atoms with Crippen LogP contribution in [0, 0.1) is 23.7 Å². The lowest BCUT2D eigenvalue weighted by molar-refractivity contribution is -0.140. The van der Waals surface area contributed by atoms with Crippen LogP contribution in [0.25, 0.3) is 6.08 Å². The predicted molar refractivity (Wildman–Crippen MR) is 123 cm³/mol. The van der Waals surface area contributed by atoms with Crippen LogP contribution >= 0.6 is 0 Å². The number of amides is 1. The molecule has 0 saturated heterocycles. The molecule has 2 atom stereocenters. The van der Waals surface area contributed by atoms with E-state index in [0.717, 1.165) is 11.8 Å². The Hall–Kier alpha value is -2.03. The van der Waals surface area contributed by atoms with Crippen LogP contribution in [0.4, 0.5) is 0 Å². The minimum Gasteiger partial charge on any atom is -0.298 e. The molecule has 31 heavy (non-hydrogen) atoms. The Bertz CT molecular complexity index is 835. The van der Waals surface area contributed by atoms with Crippen LogP contribution in [0.15, 0.2) is 36.4 Å². The van der Waals surface area contributed by atoms with Gasteiger partial charge in [-0.25, -0.2) is 13.9 Å². The Morgan fingerprint density at radius 1 is 1.06 bits per heavy atom. The second kappa shape index (κ2) is 12.7. The molecule has 0 heterocycles. The number of sulfonamides is 1. The minimum atomic E-state index is -3.57. The lowest BCUT2D eigenvalue weighted by Crippen LogP contribution is -2.43. The van der Waals surface area contributed by atoms with Gasteiger partial charge < -0.3 is 0 Å². The SMILES string of the molecule is CC(C)C[C@@H](C(=O)CN(CC(C)C)S(C)(=O)=O)[C@H](C/C=C/c1ccccc1)C(=O)NO. The summed E-state index contributed by atoms with van der Waals surface area (Å²) in [6, 6.07) is 9.55. The molecule has 0 radical (unpaired) electrons. The van der Waals surface area contributed by atoms with Crippen molar-refractivity contribution in [1.82, 2.24) is 9.79 Å². The predicted octanol–water partition coefficient (Wildman–Crippen LogP) is 3.36. The highest BCUT2D eigenvalue weighted by Crippen LogP contribution is 2.27. The monoisotopic (exact) mass is 452 g/mol. The van der Waals surface area contributed by atoms with Gasteiger partial charge in [0, 0.05) is 12.5 Å². The molecule has 8 heteroatoms. The van der Waals surface area contributed by atoms with Gasteiger partial charge in [-0.3, -0.25) is 14.8 Å². The fourth-order valence-corrected chi connectivity index (χ4v) is 4.43. The molecule has 1 aromatic carbocycles. The van der Waals surface area contributed by atoms with Crippen LogP contribution in [-0.4, -0.2) is 49.0 Å². The number of ketones is 1. The first kappa shape index (κ1) is 27.0. The molecule has 0 aromatic heterocycles. The van der Waals surface area contributed by atoms with E-state index >= 15 is 0 Å². The Kier molecular flexibility index (Phi) is 11.1. The van der Waals surface area contributed by atoms with Crippen LogP contribution < -0.4 is 5.48 Å². The zero-order valence-corrected chi connectivity index (χ0v) is 19.9. The molecular formula is C23H36N2O5S. The highest BCUT2D eigenvalue weighted by atomic mass is 32.2. The quantitative estimate of drug-likeness (QED) is 0.353. The van der Waals surface area contributed by atoms with Crippen molar-refractivity contribution >= 4 is 27.8 Å². The van der Waals surface area contributed by atoms with E-state index in [2.05, 4.69) is 0 Å². The number of carbonyl (C=O) groups is 2. The Balaban J connectivity index is 3.14. The van der Waals surface area contributed by atoms with Gasteiger partial charge in [0.25, 0.3) is 0 Å². The van der Waals surface area contributed by atoms with Crippen molar-refractivity contribution in [3.05, 3.63) is 42.0 Å². The molecule has 1 aromatic rings. The van der Waals surface area contributed by atoms with E-state index in [4.69, 9.17) is 0 Å². The summed E-state index contributed by atoms with van der Waals surface area (Å²) in [6.07, 6.45) is 5.40. The lowest BCUT2D eigenvalue weighted by Gasteiger charge is -2.28. The topological polar surface area (TPSA) is 104 Å². The maximum Gasteiger partial charge on any atom is 0.247 e. The third kappa shape index (κ3) is 9.76. The molecule has 0 aliphatic carbocycles. The highest BCUT2D eigenvalue weighted by Gasteiger charge is 2.35. The fourth-order valence-electron chi connectivity index (χ4n) is 3.50. The smallest absolute Gasteiger partial charge is 0.247 e. The van der Waals surface area contributed by atoms with E-state index in [1.54, 1.807) is 11.6 Å². The molecule has 1 amide bonds. The number of nitrogens with zero attached hydrogens (tertiary/aromatic N) is 1. The highest BCUT2D eigenvalue weighted by molar-refractivity contribution is 7.88. The van der Waals surface area contributed by atoms with Gasteiger partial charge in [0.15, 0.2) is 5.78 Å². The molecule has 0 aliphatic heterocycles. The maximum atomic E-state index is 13.2. The summed E-state index contributed by atoms with van der Waals surface area (Å²) in [5, 5.41) is 9.28. The molecule has 0 bridgehead atoms. The number of hydroxylamine groups is 1. The van der Waals surface area contributed by atoms with Crippen LogP contribution in [0.5, 0.6) is 0 Å². The third-order valence-corrected chi connectivity index (χ3v) is 6.16. The van der Waals surface area contributed by atoms with E-state index < -0.39 is 27.8 Å². The molecular weight excluding hydrogens is 416 g/mol. The van der Waals surface area contributed by atoms with E-state index in [9.17, 15) is 23.2 Å². The first-order valence-electron chi connectivity index (χ1n) is 10.6. The zero-order valence-electron chi connectivity index (χ0n) is 19.1. The summed E-state index contributed by atoms with van der Waals surface area (Å²) in [7, 11) is -3.57. The standard InChI is InChI=1S/C23H36N2O5S/c1-17(2)14-21(22(26)16-25(15-18(3)4)31(5,29)30)20(23(27)24-28)13-9-12-19-10-7-6-8-11-19/h6-12,17-18,20-21,28H,13-16H2,1-5H3,(H,24,27)/b12-9+/t20-,21+/m0/s1. The Labute approximate surface area is 186 Å². The van der Waals surface area contributed by atoms with Crippen LogP contribution in [0.3, 0.4) is 0 Å². The van der Waals surface area contributed by atoms with E-state index in [0.29, 0.717) is 6.42 Å². The summed E-state index contributed by atoms with van der Waals surface area (Å²) in [5.74, 6) is -2.33. The number of allylic oxidation sites excluding steroid dienone is 1. The second-order valence-electron chi connectivity index (χ2n) is 8.78. The van der Waals surface area contributed by atoms with Crippen molar-refractivity contribution in [2.45, 2.75) is 40.5 Å². The fraction of sp³-hybridized carbons (Fsp3) is 0.565. The zero-order chi connectivity index (χ0) is 23.6. The molecule has 7 nitrogen and oxygen atoms in total. The van der Waals surface area contributed by atoms with Gasteiger partial charge in [-0.2, -0.15) is 4.31 Å². The number of Topliss-reactive ketones (excluding diaryl/α,β-unsaturated/α-hetero) is 1. The Morgan fingerprint density at radius 3 is 2.16 bits per heavy atom. The summed E-state index contributed by atoms with van der Waals surface area (Å²) in [6.45, 7) is 7.58. The average Bonchev–Trinajstić information content (AvgIpc) is 2.68. The summed E-state index contributed by atoms with van der Waals surface area (Å²) in [5.41, 5.74) is 2.64. The first-order chi connectivity index (χ1) is 14.5. The Morgan fingerprint density at radius 2 is 1.68 bits per heavy atom. The van der Waals surface area contributed by atoms with Gasteiger partial charge in [0.05, 0.1) is 18.7 Å². The second-order valence-corrected chi connectivity index (χ2v) is 10.8. The minimum absolute atomic E-state index is 0.0522. The van der Waals surface area contributed by atoms with E-state index in [-0.39, 0.29) is 37.1 Å². The van der Waals surface area contributed by atoms with Crippen molar-refractivity contribution in [2.24, 2.45) is 23.7 Å². The first-order valence-corrected chi connectivity index (χ1v) is 12.4. The van der Waals surface area contributed by atoms with Gasteiger partial charge in [-0.05, 0) is 30.2 Å². The van der Waals surface area contributed by atoms with Crippen LogP contribution in [0.1, 0.15) is 46.1 Å². The molecule has 0 spiro atoms. The number of carbonyl (C=O) groups excluding carboxylic acids is 2. The normalized spacial score (nSPS) is 14.4. The van der Waals surface area contributed by atoms with Gasteiger partial charge >= 0.3 is 0 Å². The van der Waals surface area contributed by atoms with Crippen molar-refractivity contribution in [3.63, 3.8) is 0 Å². The summed E-state index contributed by atoms with van der Waals surface area (Å²) < 4.78 is 25.5. The number of rotatable bonds is 13. The van der Waals surface area contributed by atoms with Crippen LogP contribution in [-0.2, 0) is 19.6 Å². The molecule has 174 valence electrons. The summed E-state index contributed by atoms with van der Waals surface area (Å²) in [4.78, 5) is 25.7. The molecule has 0 saturated carbocycles. The van der Waals surface area contributed by atoms with E-state index in [1.807, 2.05) is 64.1 Å². The van der Waals surface area contributed by atoms with Gasteiger partial charge in [-0.1, -0.05) is 70.2 Å². The van der Waals surface area contributed by atoms with Crippen molar-refractivity contribution < 1.29 is 23.2 Å². The molecule has 2 N–H and O–H groups in total. The average molecular weight is 453 g/mol. The molecule has 0 fully saturated rings. The summed E-state index contributed by atoms with van der Waals surface area (Å²) >= 11 is 0. The number of hydrogen-bond acceptors (Lipinski definition) is 5. The van der Waals surface area contributed by atoms with Crippen molar-refractivity contribution in [3.8, 4) is 0 Å². The van der Waals surface area contributed by atoms with Gasteiger partial charge in [0.1, 0.15) is 0 Å². The van der Waals surface area contributed by atoms with Crippen LogP contribution in [0.2, 0.25) is 0 Å². The number of nitrogens with one attached hydrogen (secondary N) is 1. The molecule has 0 unspecified atom stereocenters. The number of benzene rings is 1. The van der Waals surface area contributed by atoms with Crippen molar-refractivity contribution in [1.29, 1.82) is 0 Å².